The summed E-state index contributed by atoms with van der Waals surface area (Å²) in [4.78, 5) is 16.6. The molecule has 23 heavy (non-hydrogen) atoms. The van der Waals surface area contributed by atoms with Crippen LogP contribution in [0.15, 0.2) is 24.5 Å². The van der Waals surface area contributed by atoms with Gasteiger partial charge in [0.2, 0.25) is 15.9 Å². The predicted molar refractivity (Wildman–Crippen MR) is 83.8 cm³/mol. The summed E-state index contributed by atoms with van der Waals surface area (Å²) < 4.78 is 30.7. The van der Waals surface area contributed by atoms with Gasteiger partial charge in [-0.15, -0.1) is 0 Å². The third-order valence-electron chi connectivity index (χ3n) is 4.56. The average molecular weight is 339 g/mol. The first-order chi connectivity index (χ1) is 10.9. The molecule has 126 valence electrons. The Morgan fingerprint density at radius 2 is 2.30 bits per heavy atom. The Bertz CT molecular complexity index is 665. The number of hydrogen-bond acceptors (Lipinski definition) is 5. The maximum atomic E-state index is 12.6. The van der Waals surface area contributed by atoms with E-state index in [1.54, 1.807) is 12.4 Å². The molecule has 1 aromatic rings. The molecule has 7 nitrogen and oxygen atoms in total. The molecule has 0 unspecified atom stereocenters. The zero-order valence-corrected chi connectivity index (χ0v) is 13.8. The quantitative estimate of drug-likeness (QED) is 0.834. The van der Waals surface area contributed by atoms with Gasteiger partial charge in [-0.05, 0) is 18.1 Å². The number of carbonyl (C=O) groups excluding carboxylic acids is 1. The van der Waals surface area contributed by atoms with E-state index in [0.29, 0.717) is 19.7 Å². The van der Waals surface area contributed by atoms with Crippen molar-refractivity contribution in [2.45, 2.75) is 19.1 Å². The Labute approximate surface area is 136 Å². The maximum absolute atomic E-state index is 12.6. The van der Waals surface area contributed by atoms with Crippen LogP contribution in [0.3, 0.4) is 0 Å². The molecule has 1 N–H and O–H groups in total. The number of rotatable bonds is 4. The molecule has 3 rings (SSSR count). The van der Waals surface area contributed by atoms with Crippen LogP contribution in [0, 0.1) is 11.8 Å². The lowest BCUT2D eigenvalue weighted by Gasteiger charge is -2.37. The lowest BCUT2D eigenvalue weighted by Crippen LogP contribution is -2.53. The topological polar surface area (TPSA) is 88.6 Å². The number of piperidine rings is 1. The minimum atomic E-state index is -3.33. The molecular formula is C15H21N3O4S. The van der Waals surface area contributed by atoms with E-state index in [1.807, 2.05) is 12.1 Å². The fraction of sp³-hybridized carbons (Fsp3) is 0.600. The van der Waals surface area contributed by atoms with Gasteiger partial charge in [0, 0.05) is 44.6 Å². The number of sulfonamides is 1. The van der Waals surface area contributed by atoms with Gasteiger partial charge >= 0.3 is 0 Å². The highest BCUT2D eigenvalue weighted by atomic mass is 32.2. The standard InChI is InChI=1S/C15H21N3O4S/c1-23(20,21)18-9-13(12-4-6-22-14(12)10-18)15(19)17-8-11-3-2-5-16-7-11/h2-3,5,7,12-14H,4,6,8-10H2,1H3,(H,17,19)/t12-,13+,14+/m1/s1. The second-order valence-corrected chi connectivity index (χ2v) is 8.11. The smallest absolute Gasteiger partial charge is 0.225 e. The van der Waals surface area contributed by atoms with Gasteiger partial charge < -0.3 is 10.1 Å². The van der Waals surface area contributed by atoms with E-state index < -0.39 is 10.0 Å². The van der Waals surface area contributed by atoms with Crippen molar-refractivity contribution in [2.75, 3.05) is 26.0 Å². The second-order valence-electron chi connectivity index (χ2n) is 6.13. The van der Waals surface area contributed by atoms with E-state index in [9.17, 15) is 13.2 Å². The molecule has 2 saturated heterocycles. The Kier molecular flexibility index (Phi) is 4.65. The molecule has 0 bridgehead atoms. The molecule has 0 spiro atoms. The molecule has 1 aromatic heterocycles. The van der Waals surface area contributed by atoms with Gasteiger partial charge in [-0.2, -0.15) is 4.31 Å². The van der Waals surface area contributed by atoms with Gasteiger partial charge in [0.15, 0.2) is 0 Å². The lowest BCUT2D eigenvalue weighted by atomic mass is 9.83. The number of nitrogens with zero attached hydrogens (tertiary/aromatic N) is 2. The summed E-state index contributed by atoms with van der Waals surface area (Å²) in [6.07, 6.45) is 5.16. The summed E-state index contributed by atoms with van der Waals surface area (Å²) in [7, 11) is -3.33. The number of hydrogen-bond donors (Lipinski definition) is 1. The van der Waals surface area contributed by atoms with Crippen LogP contribution in [0.1, 0.15) is 12.0 Å². The van der Waals surface area contributed by atoms with Crippen LogP contribution in [-0.4, -0.2) is 55.7 Å². The normalized spacial score (nSPS) is 28.3. The van der Waals surface area contributed by atoms with Crippen molar-refractivity contribution in [1.82, 2.24) is 14.6 Å². The molecule has 3 atom stereocenters. The highest BCUT2D eigenvalue weighted by Crippen LogP contribution is 2.34. The van der Waals surface area contributed by atoms with Gasteiger partial charge in [0.05, 0.1) is 18.3 Å². The van der Waals surface area contributed by atoms with E-state index in [4.69, 9.17) is 4.74 Å². The van der Waals surface area contributed by atoms with Gasteiger partial charge in [-0.25, -0.2) is 8.42 Å². The first-order valence-electron chi connectivity index (χ1n) is 7.68. The number of fused-ring (bicyclic) bond motifs is 1. The summed E-state index contributed by atoms with van der Waals surface area (Å²) in [5.74, 6) is -0.410. The number of amides is 1. The summed E-state index contributed by atoms with van der Waals surface area (Å²) >= 11 is 0. The van der Waals surface area contributed by atoms with E-state index in [-0.39, 0.29) is 30.4 Å². The van der Waals surface area contributed by atoms with E-state index >= 15 is 0 Å². The number of ether oxygens (including phenoxy) is 1. The zero-order chi connectivity index (χ0) is 16.4. The van der Waals surface area contributed by atoms with Crippen LogP contribution in [0.2, 0.25) is 0 Å². The summed E-state index contributed by atoms with van der Waals surface area (Å²) in [5.41, 5.74) is 0.913. The van der Waals surface area contributed by atoms with Crippen molar-refractivity contribution in [3.8, 4) is 0 Å². The minimum absolute atomic E-state index is 0.0851. The Hall–Kier alpha value is -1.51. The number of aromatic nitrogens is 1. The third-order valence-corrected chi connectivity index (χ3v) is 5.79. The highest BCUT2D eigenvalue weighted by molar-refractivity contribution is 7.88. The third kappa shape index (κ3) is 3.70. The maximum Gasteiger partial charge on any atom is 0.225 e. The van der Waals surface area contributed by atoms with E-state index in [1.165, 1.54) is 10.6 Å². The lowest BCUT2D eigenvalue weighted by molar-refractivity contribution is -0.129. The summed E-state index contributed by atoms with van der Waals surface area (Å²) in [5, 5.41) is 2.90. The van der Waals surface area contributed by atoms with Crippen molar-refractivity contribution in [2.24, 2.45) is 11.8 Å². The van der Waals surface area contributed by atoms with Gasteiger partial charge in [-0.1, -0.05) is 6.07 Å². The molecule has 0 aliphatic carbocycles. The number of nitrogens with one attached hydrogen (secondary N) is 1. The van der Waals surface area contributed by atoms with Gasteiger partial charge in [0.25, 0.3) is 0 Å². The number of carbonyl (C=O) groups is 1. The van der Waals surface area contributed by atoms with Crippen LogP contribution < -0.4 is 5.32 Å². The SMILES string of the molecule is CS(=O)(=O)N1C[C@@H]2OCC[C@@H]2[C@@H](C(=O)NCc2cccnc2)C1. The Balaban J connectivity index is 1.69. The molecule has 0 radical (unpaired) electrons. The van der Waals surface area contributed by atoms with Crippen LogP contribution in [0.25, 0.3) is 0 Å². The molecule has 2 aliphatic heterocycles. The van der Waals surface area contributed by atoms with Crippen LogP contribution >= 0.6 is 0 Å². The molecular weight excluding hydrogens is 318 g/mol. The molecule has 2 aliphatic rings. The minimum Gasteiger partial charge on any atom is -0.377 e. The molecule has 1 amide bonds. The van der Waals surface area contributed by atoms with Crippen LogP contribution in [0.5, 0.6) is 0 Å². The van der Waals surface area contributed by atoms with Crippen molar-refractivity contribution >= 4 is 15.9 Å². The molecule has 0 aromatic carbocycles. The monoisotopic (exact) mass is 339 g/mol. The van der Waals surface area contributed by atoms with Crippen molar-refractivity contribution in [1.29, 1.82) is 0 Å². The Morgan fingerprint density at radius 1 is 1.48 bits per heavy atom. The van der Waals surface area contributed by atoms with Crippen molar-refractivity contribution in [3.63, 3.8) is 0 Å². The average Bonchev–Trinajstić information content (AvgIpc) is 3.00. The Morgan fingerprint density at radius 3 is 3.00 bits per heavy atom. The van der Waals surface area contributed by atoms with Gasteiger partial charge in [-0.3, -0.25) is 9.78 Å². The molecule has 3 heterocycles. The van der Waals surface area contributed by atoms with E-state index in [2.05, 4.69) is 10.3 Å². The van der Waals surface area contributed by atoms with Crippen molar-refractivity contribution in [3.05, 3.63) is 30.1 Å². The van der Waals surface area contributed by atoms with Gasteiger partial charge in [0.1, 0.15) is 0 Å². The first-order valence-corrected chi connectivity index (χ1v) is 9.53. The van der Waals surface area contributed by atoms with E-state index in [0.717, 1.165) is 12.0 Å². The van der Waals surface area contributed by atoms with Crippen LogP contribution in [-0.2, 0) is 26.1 Å². The second kappa shape index (κ2) is 6.54. The fourth-order valence-corrected chi connectivity index (χ4v) is 4.16. The summed E-state index contributed by atoms with van der Waals surface area (Å²) in [6, 6.07) is 3.70. The molecule has 8 heteroatoms. The first kappa shape index (κ1) is 16.4. The highest BCUT2D eigenvalue weighted by Gasteiger charge is 2.45. The zero-order valence-electron chi connectivity index (χ0n) is 13.0. The fourth-order valence-electron chi connectivity index (χ4n) is 3.31. The number of pyridine rings is 1. The molecule has 2 fully saturated rings. The van der Waals surface area contributed by atoms with Crippen LogP contribution in [0.4, 0.5) is 0 Å². The summed E-state index contributed by atoms with van der Waals surface area (Å²) in [6.45, 7) is 1.54. The van der Waals surface area contributed by atoms with Crippen molar-refractivity contribution < 1.29 is 17.9 Å². The largest absolute Gasteiger partial charge is 0.377 e. The molecule has 0 saturated carbocycles. The predicted octanol–water partition coefficient (Wildman–Crippen LogP) is -0.00570.